The Morgan fingerprint density at radius 3 is 2.43 bits per heavy atom. The van der Waals surface area contributed by atoms with E-state index >= 15 is 0 Å². The van der Waals surface area contributed by atoms with E-state index < -0.39 is 0 Å². The van der Waals surface area contributed by atoms with Crippen molar-refractivity contribution in [2.24, 2.45) is 0 Å². The van der Waals surface area contributed by atoms with Gasteiger partial charge in [0.25, 0.3) is 0 Å². The van der Waals surface area contributed by atoms with E-state index in [1.165, 1.54) is 0 Å². The van der Waals surface area contributed by atoms with Gasteiger partial charge in [0.2, 0.25) is 0 Å². The molecule has 0 aliphatic rings. The van der Waals surface area contributed by atoms with Crippen molar-refractivity contribution in [2.45, 2.75) is 39.8 Å². The highest BCUT2D eigenvalue weighted by Crippen LogP contribution is 2.29. The van der Waals surface area contributed by atoms with Gasteiger partial charge in [-0.15, -0.1) is 0 Å². The second-order valence-electron chi connectivity index (χ2n) is 5.31. The lowest BCUT2D eigenvalue weighted by Gasteiger charge is -2.21. The highest BCUT2D eigenvalue weighted by atomic mass is 16.5. The first kappa shape index (κ1) is 15.4. The minimum atomic E-state index is -0.0643. The van der Waals surface area contributed by atoms with Crippen molar-refractivity contribution in [1.82, 2.24) is 15.3 Å². The fourth-order valence-corrected chi connectivity index (χ4v) is 2.18. The summed E-state index contributed by atoms with van der Waals surface area (Å²) in [7, 11) is 0. The molecule has 2 aromatic rings. The molecule has 1 N–H and O–H groups in total. The fourth-order valence-electron chi connectivity index (χ4n) is 2.18. The Balaban J connectivity index is 2.40. The predicted molar refractivity (Wildman–Crippen MR) is 84.5 cm³/mol. The number of hydrogen-bond acceptors (Lipinski definition) is 4. The SMILES string of the molecule is CCNC(c1ncc(C)cn1)c1ccccc1OC(C)C. The number of rotatable bonds is 6. The van der Waals surface area contributed by atoms with Gasteiger partial charge in [-0.25, -0.2) is 9.97 Å². The zero-order valence-electron chi connectivity index (χ0n) is 13.1. The van der Waals surface area contributed by atoms with Crippen molar-refractivity contribution < 1.29 is 4.74 Å². The molecule has 0 bridgehead atoms. The molecule has 0 spiro atoms. The number of nitrogens with one attached hydrogen (secondary N) is 1. The van der Waals surface area contributed by atoms with E-state index in [4.69, 9.17) is 4.74 Å². The number of para-hydroxylation sites is 1. The van der Waals surface area contributed by atoms with Gasteiger partial charge in [-0.05, 0) is 38.9 Å². The molecule has 2 rings (SSSR count). The van der Waals surface area contributed by atoms with Gasteiger partial charge in [0.05, 0.1) is 12.1 Å². The van der Waals surface area contributed by atoms with Crippen LogP contribution < -0.4 is 10.1 Å². The van der Waals surface area contributed by atoms with Gasteiger partial charge < -0.3 is 10.1 Å². The molecule has 0 radical (unpaired) electrons. The summed E-state index contributed by atoms with van der Waals surface area (Å²) in [5, 5.41) is 3.44. The molecule has 4 nitrogen and oxygen atoms in total. The van der Waals surface area contributed by atoms with E-state index in [0.717, 1.165) is 29.2 Å². The Morgan fingerprint density at radius 2 is 1.81 bits per heavy atom. The molecule has 112 valence electrons. The summed E-state index contributed by atoms with van der Waals surface area (Å²) in [5.41, 5.74) is 2.12. The lowest BCUT2D eigenvalue weighted by molar-refractivity contribution is 0.238. The van der Waals surface area contributed by atoms with E-state index in [0.29, 0.717) is 0 Å². The smallest absolute Gasteiger partial charge is 0.149 e. The molecular weight excluding hydrogens is 262 g/mol. The number of ether oxygens (including phenoxy) is 1. The van der Waals surface area contributed by atoms with Crippen LogP contribution in [0.5, 0.6) is 5.75 Å². The first-order valence-electron chi connectivity index (χ1n) is 7.39. The van der Waals surface area contributed by atoms with Crippen molar-refractivity contribution in [2.75, 3.05) is 6.54 Å². The third kappa shape index (κ3) is 4.02. The fraction of sp³-hybridized carbons (Fsp3) is 0.412. The second kappa shape index (κ2) is 7.18. The van der Waals surface area contributed by atoms with Crippen LogP contribution in [0.3, 0.4) is 0 Å². The van der Waals surface area contributed by atoms with E-state index in [2.05, 4.69) is 28.3 Å². The molecule has 0 saturated heterocycles. The molecule has 21 heavy (non-hydrogen) atoms. The number of nitrogens with zero attached hydrogens (tertiary/aromatic N) is 2. The maximum absolute atomic E-state index is 5.92. The maximum atomic E-state index is 5.92. The zero-order valence-corrected chi connectivity index (χ0v) is 13.1. The topological polar surface area (TPSA) is 47.0 Å². The number of benzene rings is 1. The Morgan fingerprint density at radius 1 is 1.14 bits per heavy atom. The summed E-state index contributed by atoms with van der Waals surface area (Å²) in [6, 6.07) is 7.99. The van der Waals surface area contributed by atoms with Gasteiger partial charge >= 0.3 is 0 Å². The van der Waals surface area contributed by atoms with Crippen molar-refractivity contribution in [3.05, 3.63) is 53.6 Å². The lowest BCUT2D eigenvalue weighted by atomic mass is 10.0. The van der Waals surface area contributed by atoms with Crippen molar-refractivity contribution in [3.8, 4) is 5.75 Å². The third-order valence-electron chi connectivity index (χ3n) is 3.06. The van der Waals surface area contributed by atoms with Crippen LogP contribution in [0.15, 0.2) is 36.7 Å². The molecule has 4 heteroatoms. The normalized spacial score (nSPS) is 12.4. The Labute approximate surface area is 126 Å². The highest BCUT2D eigenvalue weighted by molar-refractivity contribution is 5.39. The van der Waals surface area contributed by atoms with Gasteiger partial charge in [0, 0.05) is 18.0 Å². The van der Waals surface area contributed by atoms with E-state index in [9.17, 15) is 0 Å². The van der Waals surface area contributed by atoms with Crippen LogP contribution in [0.25, 0.3) is 0 Å². The van der Waals surface area contributed by atoms with Gasteiger partial charge in [-0.1, -0.05) is 25.1 Å². The molecule has 0 fully saturated rings. The summed E-state index contributed by atoms with van der Waals surface area (Å²) in [6.45, 7) is 8.95. The van der Waals surface area contributed by atoms with Crippen LogP contribution in [-0.2, 0) is 0 Å². The molecule has 0 aliphatic heterocycles. The number of aryl methyl sites for hydroxylation is 1. The molecule has 0 aliphatic carbocycles. The quantitative estimate of drug-likeness (QED) is 0.885. The van der Waals surface area contributed by atoms with E-state index in [1.54, 1.807) is 0 Å². The van der Waals surface area contributed by atoms with Crippen molar-refractivity contribution in [3.63, 3.8) is 0 Å². The van der Waals surface area contributed by atoms with E-state index in [1.807, 2.05) is 51.4 Å². The number of hydrogen-bond donors (Lipinski definition) is 1. The van der Waals surface area contributed by atoms with Crippen LogP contribution in [0.2, 0.25) is 0 Å². The molecule has 0 saturated carbocycles. The van der Waals surface area contributed by atoms with Crippen LogP contribution in [0.4, 0.5) is 0 Å². The molecule has 1 aromatic heterocycles. The summed E-state index contributed by atoms with van der Waals surface area (Å²) >= 11 is 0. The average molecular weight is 285 g/mol. The largest absolute Gasteiger partial charge is 0.491 e. The molecule has 1 heterocycles. The zero-order chi connectivity index (χ0) is 15.2. The van der Waals surface area contributed by atoms with Crippen molar-refractivity contribution >= 4 is 0 Å². The minimum Gasteiger partial charge on any atom is -0.491 e. The van der Waals surface area contributed by atoms with Gasteiger partial charge in [-0.2, -0.15) is 0 Å². The summed E-state index contributed by atoms with van der Waals surface area (Å²) in [5.74, 6) is 1.64. The monoisotopic (exact) mass is 285 g/mol. The number of aromatic nitrogens is 2. The standard InChI is InChI=1S/C17H23N3O/c1-5-18-16(17-19-10-13(4)11-20-17)14-8-6-7-9-15(14)21-12(2)3/h6-12,16,18H,5H2,1-4H3. The van der Waals surface area contributed by atoms with Gasteiger partial charge in [-0.3, -0.25) is 0 Å². The van der Waals surface area contributed by atoms with Crippen LogP contribution >= 0.6 is 0 Å². The molecule has 0 amide bonds. The van der Waals surface area contributed by atoms with Crippen molar-refractivity contribution in [1.29, 1.82) is 0 Å². The predicted octanol–water partition coefficient (Wildman–Crippen LogP) is 3.27. The highest BCUT2D eigenvalue weighted by Gasteiger charge is 2.20. The summed E-state index contributed by atoms with van der Waals surface area (Å²) in [4.78, 5) is 8.93. The average Bonchev–Trinajstić information content (AvgIpc) is 2.46. The second-order valence-corrected chi connectivity index (χ2v) is 5.31. The first-order valence-corrected chi connectivity index (χ1v) is 7.39. The van der Waals surface area contributed by atoms with Gasteiger partial charge in [0.1, 0.15) is 11.6 Å². The Hall–Kier alpha value is -1.94. The van der Waals surface area contributed by atoms with Crippen LogP contribution in [0.1, 0.15) is 43.8 Å². The van der Waals surface area contributed by atoms with Crippen LogP contribution in [0, 0.1) is 6.92 Å². The lowest BCUT2D eigenvalue weighted by Crippen LogP contribution is -2.25. The molecule has 1 unspecified atom stereocenters. The first-order chi connectivity index (χ1) is 10.1. The Kier molecular flexibility index (Phi) is 5.28. The third-order valence-corrected chi connectivity index (χ3v) is 3.06. The molecule has 1 atom stereocenters. The minimum absolute atomic E-state index is 0.0643. The maximum Gasteiger partial charge on any atom is 0.149 e. The van der Waals surface area contributed by atoms with Crippen LogP contribution in [-0.4, -0.2) is 22.6 Å². The van der Waals surface area contributed by atoms with E-state index in [-0.39, 0.29) is 12.1 Å². The molecular formula is C17H23N3O. The summed E-state index contributed by atoms with van der Waals surface area (Å²) in [6.07, 6.45) is 3.82. The Bertz CT molecular complexity index is 567. The molecule has 1 aromatic carbocycles. The van der Waals surface area contributed by atoms with Gasteiger partial charge in [0.15, 0.2) is 0 Å². The summed E-state index contributed by atoms with van der Waals surface area (Å²) < 4.78 is 5.92.